The predicted octanol–water partition coefficient (Wildman–Crippen LogP) is 5.70. The quantitative estimate of drug-likeness (QED) is 0.450. The summed E-state index contributed by atoms with van der Waals surface area (Å²) in [5.41, 5.74) is 0.275. The van der Waals surface area contributed by atoms with Gasteiger partial charge in [0.2, 0.25) is 0 Å². The minimum absolute atomic E-state index is 0.0449. The van der Waals surface area contributed by atoms with Crippen LogP contribution in [0, 0.1) is 11.3 Å². The van der Waals surface area contributed by atoms with Gasteiger partial charge in [-0.1, -0.05) is 78.6 Å². The molecule has 0 saturated heterocycles. The fourth-order valence-corrected chi connectivity index (χ4v) is 3.44. The Kier molecular flexibility index (Phi) is 8.06. The van der Waals surface area contributed by atoms with E-state index in [0.717, 1.165) is 18.8 Å². The molecule has 0 bridgehead atoms. The summed E-state index contributed by atoms with van der Waals surface area (Å²) in [7, 11) is 0. The zero-order valence-corrected chi connectivity index (χ0v) is 13.6. The van der Waals surface area contributed by atoms with Crippen LogP contribution in [0.25, 0.3) is 0 Å². The Morgan fingerprint density at radius 1 is 0.947 bits per heavy atom. The maximum atomic E-state index is 10.1. The van der Waals surface area contributed by atoms with Gasteiger partial charge < -0.3 is 5.11 Å². The first-order valence-electron chi connectivity index (χ1n) is 8.83. The lowest BCUT2D eigenvalue weighted by atomic mass is 9.93. The largest absolute Gasteiger partial charge is 0.393 e. The molecule has 0 aromatic heterocycles. The summed E-state index contributed by atoms with van der Waals surface area (Å²) < 4.78 is 0. The van der Waals surface area contributed by atoms with Crippen LogP contribution in [0.3, 0.4) is 0 Å². The molecule has 1 nitrogen and oxygen atoms in total. The lowest BCUT2D eigenvalue weighted by molar-refractivity contribution is 0.0828. The maximum absolute atomic E-state index is 10.1. The average molecular weight is 268 g/mol. The standard InChI is InChI=1S/C18H36O/c1-4-6-7-8-9-10-11-12-14-16-15-18(16,3)17(19)13-5-2/h16-17,19H,4-15H2,1-3H3/t16-,17?,18-/m1/s1. The summed E-state index contributed by atoms with van der Waals surface area (Å²) in [6.07, 6.45) is 15.9. The molecule has 0 aromatic carbocycles. The summed E-state index contributed by atoms with van der Waals surface area (Å²) in [5, 5.41) is 10.1. The van der Waals surface area contributed by atoms with Crippen molar-refractivity contribution < 1.29 is 5.11 Å². The van der Waals surface area contributed by atoms with Crippen LogP contribution in [0.1, 0.15) is 97.8 Å². The Bertz CT molecular complexity index is 226. The fourth-order valence-electron chi connectivity index (χ4n) is 3.44. The van der Waals surface area contributed by atoms with Crippen molar-refractivity contribution >= 4 is 0 Å². The topological polar surface area (TPSA) is 20.2 Å². The Labute approximate surface area is 121 Å². The number of aliphatic hydroxyl groups is 1. The summed E-state index contributed by atoms with van der Waals surface area (Å²) >= 11 is 0. The van der Waals surface area contributed by atoms with E-state index in [0.29, 0.717) is 0 Å². The van der Waals surface area contributed by atoms with Crippen LogP contribution in [-0.4, -0.2) is 11.2 Å². The molecule has 1 rings (SSSR count). The van der Waals surface area contributed by atoms with Crippen molar-refractivity contribution in [3.63, 3.8) is 0 Å². The molecular weight excluding hydrogens is 232 g/mol. The molecule has 1 N–H and O–H groups in total. The Morgan fingerprint density at radius 3 is 2.11 bits per heavy atom. The maximum Gasteiger partial charge on any atom is 0.0596 e. The first-order valence-corrected chi connectivity index (χ1v) is 8.83. The molecular formula is C18H36O. The van der Waals surface area contributed by atoms with Gasteiger partial charge >= 0.3 is 0 Å². The van der Waals surface area contributed by atoms with Crippen molar-refractivity contribution in [2.24, 2.45) is 11.3 Å². The highest BCUT2D eigenvalue weighted by molar-refractivity contribution is 5.02. The molecule has 114 valence electrons. The van der Waals surface area contributed by atoms with Crippen LogP contribution in [-0.2, 0) is 0 Å². The van der Waals surface area contributed by atoms with Gasteiger partial charge in [0, 0.05) is 0 Å². The lowest BCUT2D eigenvalue weighted by Crippen LogP contribution is -2.20. The van der Waals surface area contributed by atoms with E-state index in [2.05, 4.69) is 20.8 Å². The minimum atomic E-state index is -0.0449. The van der Waals surface area contributed by atoms with E-state index in [1.807, 2.05) is 0 Å². The van der Waals surface area contributed by atoms with Crippen LogP contribution in [0.2, 0.25) is 0 Å². The van der Waals surface area contributed by atoms with Crippen LogP contribution < -0.4 is 0 Å². The van der Waals surface area contributed by atoms with Gasteiger partial charge in [-0.15, -0.1) is 0 Å². The molecule has 0 heterocycles. The number of rotatable bonds is 12. The van der Waals surface area contributed by atoms with E-state index >= 15 is 0 Å². The molecule has 0 radical (unpaired) electrons. The molecule has 1 aliphatic carbocycles. The smallest absolute Gasteiger partial charge is 0.0596 e. The molecule has 19 heavy (non-hydrogen) atoms. The van der Waals surface area contributed by atoms with Crippen LogP contribution in [0.5, 0.6) is 0 Å². The Hall–Kier alpha value is -0.0400. The molecule has 1 fully saturated rings. The minimum Gasteiger partial charge on any atom is -0.393 e. The molecule has 1 aliphatic rings. The second-order valence-electron chi connectivity index (χ2n) is 6.97. The molecule has 0 amide bonds. The third-order valence-corrected chi connectivity index (χ3v) is 5.19. The van der Waals surface area contributed by atoms with Crippen molar-refractivity contribution in [3.8, 4) is 0 Å². The van der Waals surface area contributed by atoms with E-state index in [4.69, 9.17) is 0 Å². The summed E-state index contributed by atoms with van der Waals surface area (Å²) in [6.45, 7) is 6.74. The van der Waals surface area contributed by atoms with Crippen molar-refractivity contribution in [2.75, 3.05) is 0 Å². The monoisotopic (exact) mass is 268 g/mol. The van der Waals surface area contributed by atoms with E-state index in [1.165, 1.54) is 64.2 Å². The van der Waals surface area contributed by atoms with E-state index < -0.39 is 0 Å². The van der Waals surface area contributed by atoms with Crippen molar-refractivity contribution in [1.29, 1.82) is 0 Å². The van der Waals surface area contributed by atoms with Crippen LogP contribution in [0.4, 0.5) is 0 Å². The molecule has 1 saturated carbocycles. The van der Waals surface area contributed by atoms with Crippen molar-refractivity contribution in [2.45, 2.75) is 104 Å². The van der Waals surface area contributed by atoms with Gasteiger partial charge in [-0.2, -0.15) is 0 Å². The zero-order chi connectivity index (χ0) is 14.1. The molecule has 0 spiro atoms. The number of aliphatic hydroxyl groups excluding tert-OH is 1. The SMILES string of the molecule is CCCCCCCCCC[C@@H]1C[C@@]1(C)C(O)CCC. The summed E-state index contributed by atoms with van der Waals surface area (Å²) in [5.74, 6) is 0.814. The van der Waals surface area contributed by atoms with Gasteiger partial charge in [-0.3, -0.25) is 0 Å². The van der Waals surface area contributed by atoms with Gasteiger partial charge in [0.25, 0.3) is 0 Å². The van der Waals surface area contributed by atoms with Crippen LogP contribution in [0.15, 0.2) is 0 Å². The first kappa shape index (κ1) is 17.0. The second-order valence-corrected chi connectivity index (χ2v) is 6.97. The fraction of sp³-hybridized carbons (Fsp3) is 1.00. The molecule has 3 atom stereocenters. The van der Waals surface area contributed by atoms with Gasteiger partial charge in [0.15, 0.2) is 0 Å². The van der Waals surface area contributed by atoms with Gasteiger partial charge in [0.1, 0.15) is 0 Å². The summed E-state index contributed by atoms with van der Waals surface area (Å²) in [4.78, 5) is 0. The predicted molar refractivity (Wildman–Crippen MR) is 84.4 cm³/mol. The summed E-state index contributed by atoms with van der Waals surface area (Å²) in [6, 6.07) is 0. The Morgan fingerprint density at radius 2 is 1.53 bits per heavy atom. The van der Waals surface area contributed by atoms with Gasteiger partial charge in [-0.25, -0.2) is 0 Å². The van der Waals surface area contributed by atoms with Crippen LogP contribution >= 0.6 is 0 Å². The highest BCUT2D eigenvalue weighted by Crippen LogP contribution is 2.58. The van der Waals surface area contributed by atoms with E-state index in [1.54, 1.807) is 0 Å². The van der Waals surface area contributed by atoms with E-state index in [9.17, 15) is 5.11 Å². The van der Waals surface area contributed by atoms with Crippen molar-refractivity contribution in [3.05, 3.63) is 0 Å². The second kappa shape index (κ2) is 9.00. The molecule has 1 heteroatoms. The third-order valence-electron chi connectivity index (χ3n) is 5.19. The number of unbranched alkanes of at least 4 members (excludes halogenated alkanes) is 7. The van der Waals surface area contributed by atoms with Gasteiger partial charge in [0.05, 0.1) is 6.10 Å². The highest BCUT2D eigenvalue weighted by atomic mass is 16.3. The third kappa shape index (κ3) is 5.85. The average Bonchev–Trinajstić information content (AvgIpc) is 3.06. The lowest BCUT2D eigenvalue weighted by Gasteiger charge is -2.18. The number of hydrogen-bond donors (Lipinski definition) is 1. The molecule has 0 aromatic rings. The first-order chi connectivity index (χ1) is 9.15. The van der Waals surface area contributed by atoms with E-state index in [-0.39, 0.29) is 11.5 Å². The molecule has 0 aliphatic heterocycles. The zero-order valence-electron chi connectivity index (χ0n) is 13.6. The van der Waals surface area contributed by atoms with Crippen molar-refractivity contribution in [1.82, 2.24) is 0 Å². The van der Waals surface area contributed by atoms with Gasteiger partial charge in [-0.05, 0) is 30.6 Å². The Balaban J connectivity index is 1.94. The molecule has 1 unspecified atom stereocenters. The number of hydrogen-bond acceptors (Lipinski definition) is 1. The highest BCUT2D eigenvalue weighted by Gasteiger charge is 2.53. The normalized spacial score (nSPS) is 27.5.